The minimum absolute atomic E-state index is 0.0527. The highest BCUT2D eigenvalue weighted by atomic mass is 19.1. The number of aromatic nitrogens is 2. The summed E-state index contributed by atoms with van der Waals surface area (Å²) in [6.45, 7) is 10.7. The number of nitrogens with zero attached hydrogens (tertiary/aromatic N) is 3. The molecule has 6 nitrogen and oxygen atoms in total. The summed E-state index contributed by atoms with van der Waals surface area (Å²) in [5.41, 5.74) is 2.52. The molecule has 3 heterocycles. The molecule has 0 saturated heterocycles. The molecule has 1 amide bonds. The summed E-state index contributed by atoms with van der Waals surface area (Å²) in [6, 6.07) is 5.23. The van der Waals surface area contributed by atoms with Crippen LogP contribution in [-0.4, -0.2) is 34.4 Å². The van der Waals surface area contributed by atoms with Crippen molar-refractivity contribution < 1.29 is 18.3 Å². The molecule has 0 bridgehead atoms. The van der Waals surface area contributed by atoms with Gasteiger partial charge in [-0.15, -0.1) is 0 Å². The van der Waals surface area contributed by atoms with Gasteiger partial charge < -0.3 is 15.0 Å². The number of benzene rings is 1. The molecule has 1 unspecified atom stereocenters. The van der Waals surface area contributed by atoms with E-state index in [1.807, 2.05) is 27.7 Å². The molecule has 0 spiro atoms. The van der Waals surface area contributed by atoms with Crippen molar-refractivity contribution in [2.45, 2.75) is 52.6 Å². The number of methoxy groups -OCH3 is 1. The van der Waals surface area contributed by atoms with Crippen molar-refractivity contribution in [1.29, 1.82) is 0 Å². The maximum Gasteiger partial charge on any atom is 0.254 e. The van der Waals surface area contributed by atoms with Crippen LogP contribution in [0.3, 0.4) is 0 Å². The molecule has 1 atom stereocenters. The Kier molecular flexibility index (Phi) is 6.49. The lowest BCUT2D eigenvalue weighted by Crippen LogP contribution is -2.22. The molecule has 4 rings (SSSR count). The lowest BCUT2D eigenvalue weighted by atomic mass is 9.89. The third-order valence-electron chi connectivity index (χ3n) is 6.36. The number of hydrogen-bond acceptors (Lipinski definition) is 5. The molecule has 0 radical (unpaired) electrons. The topological polar surface area (TPSA) is 67.3 Å². The van der Waals surface area contributed by atoms with Crippen LogP contribution in [0.15, 0.2) is 36.7 Å². The monoisotopic (exact) mass is 480 g/mol. The Labute approximate surface area is 204 Å². The minimum atomic E-state index is -0.590. The van der Waals surface area contributed by atoms with E-state index in [1.54, 1.807) is 30.2 Å². The molecule has 0 saturated carbocycles. The van der Waals surface area contributed by atoms with Crippen LogP contribution in [0.1, 0.15) is 67.8 Å². The average Bonchev–Trinajstić information content (AvgIpc) is 3.15. The lowest BCUT2D eigenvalue weighted by molar-refractivity contribution is 0.0787. The van der Waals surface area contributed by atoms with Gasteiger partial charge in [0.05, 0.1) is 25.9 Å². The number of rotatable bonds is 6. The molecule has 1 aliphatic heterocycles. The number of amides is 1. The highest BCUT2D eigenvalue weighted by Crippen LogP contribution is 2.37. The summed E-state index contributed by atoms with van der Waals surface area (Å²) >= 11 is 0. The molecular weight excluding hydrogens is 450 g/mol. The Morgan fingerprint density at radius 3 is 2.51 bits per heavy atom. The van der Waals surface area contributed by atoms with Crippen LogP contribution in [0.5, 0.6) is 5.75 Å². The van der Waals surface area contributed by atoms with Crippen molar-refractivity contribution in [3.63, 3.8) is 0 Å². The van der Waals surface area contributed by atoms with Gasteiger partial charge in [0, 0.05) is 51.7 Å². The number of halogens is 2. The second-order valence-corrected chi connectivity index (χ2v) is 9.74. The largest absolute Gasteiger partial charge is 0.494 e. The molecular formula is C27H30F2N4O2. The third-order valence-corrected chi connectivity index (χ3v) is 6.36. The van der Waals surface area contributed by atoms with E-state index < -0.39 is 17.7 Å². The van der Waals surface area contributed by atoms with Gasteiger partial charge in [0.1, 0.15) is 23.2 Å². The van der Waals surface area contributed by atoms with Crippen molar-refractivity contribution in [1.82, 2.24) is 14.9 Å². The molecule has 35 heavy (non-hydrogen) atoms. The van der Waals surface area contributed by atoms with Gasteiger partial charge in [-0.25, -0.2) is 13.8 Å². The summed E-state index contributed by atoms with van der Waals surface area (Å²) in [5, 5.41) is 3.17. The SMILES string of the molecule is CCN1Cc2c(ccnc2NC(C)c2cc(F)c(-c3cc(C(C)(C)C)ncc3OC)cc2F)C1=O. The van der Waals surface area contributed by atoms with Crippen LogP contribution < -0.4 is 10.1 Å². The third kappa shape index (κ3) is 4.57. The van der Waals surface area contributed by atoms with E-state index in [9.17, 15) is 4.79 Å². The standard InChI is InChI=1S/C27H30F2N4O2/c1-7-33-14-20-16(26(33)34)8-9-30-25(20)32-15(2)17-10-22(29)18(11-21(17)28)19-12-24(27(3,4)5)31-13-23(19)35-6/h8-13,15H,7,14H2,1-6H3,(H,30,32). The molecule has 1 N–H and O–H groups in total. The Morgan fingerprint density at radius 2 is 1.86 bits per heavy atom. The van der Waals surface area contributed by atoms with E-state index in [4.69, 9.17) is 4.74 Å². The Morgan fingerprint density at radius 1 is 1.11 bits per heavy atom. The maximum absolute atomic E-state index is 15.4. The van der Waals surface area contributed by atoms with Crippen LogP contribution in [-0.2, 0) is 12.0 Å². The zero-order chi connectivity index (χ0) is 25.5. The zero-order valence-electron chi connectivity index (χ0n) is 20.9. The number of carbonyl (C=O) groups is 1. The van der Waals surface area contributed by atoms with Gasteiger partial charge in [-0.2, -0.15) is 0 Å². The summed E-state index contributed by atoms with van der Waals surface area (Å²) in [5.74, 6) is -0.323. The van der Waals surface area contributed by atoms with Crippen LogP contribution in [0.4, 0.5) is 14.6 Å². The molecule has 1 aromatic carbocycles. The fourth-order valence-corrected chi connectivity index (χ4v) is 4.28. The van der Waals surface area contributed by atoms with Crippen molar-refractivity contribution in [3.8, 4) is 16.9 Å². The number of anilines is 1. The molecule has 2 aromatic heterocycles. The van der Waals surface area contributed by atoms with Crippen LogP contribution >= 0.6 is 0 Å². The second kappa shape index (κ2) is 9.24. The Bertz CT molecular complexity index is 1290. The van der Waals surface area contributed by atoms with Gasteiger partial charge >= 0.3 is 0 Å². The van der Waals surface area contributed by atoms with E-state index in [2.05, 4.69) is 15.3 Å². The number of hydrogen-bond donors (Lipinski definition) is 1. The van der Waals surface area contributed by atoms with Gasteiger partial charge in [-0.3, -0.25) is 9.78 Å². The number of pyridine rings is 2. The number of fused-ring (bicyclic) bond motifs is 1. The fraction of sp³-hybridized carbons (Fsp3) is 0.370. The van der Waals surface area contributed by atoms with Gasteiger partial charge in [-0.1, -0.05) is 20.8 Å². The van der Waals surface area contributed by atoms with E-state index in [0.29, 0.717) is 35.8 Å². The van der Waals surface area contributed by atoms with E-state index >= 15 is 8.78 Å². The number of carbonyl (C=O) groups excluding carboxylic acids is 1. The average molecular weight is 481 g/mol. The van der Waals surface area contributed by atoms with E-state index in [-0.39, 0.29) is 22.4 Å². The lowest BCUT2D eigenvalue weighted by Gasteiger charge is -2.21. The summed E-state index contributed by atoms with van der Waals surface area (Å²) < 4.78 is 36.1. The van der Waals surface area contributed by atoms with Crippen molar-refractivity contribution in [2.75, 3.05) is 19.0 Å². The van der Waals surface area contributed by atoms with Crippen LogP contribution in [0.25, 0.3) is 11.1 Å². The maximum atomic E-state index is 15.4. The molecule has 1 aliphatic rings. The predicted octanol–water partition coefficient (Wildman–Crippen LogP) is 5.88. The zero-order valence-corrected chi connectivity index (χ0v) is 20.9. The molecule has 0 fully saturated rings. The van der Waals surface area contributed by atoms with Crippen LogP contribution in [0, 0.1) is 11.6 Å². The summed E-state index contributed by atoms with van der Waals surface area (Å²) in [6.07, 6.45) is 3.08. The summed E-state index contributed by atoms with van der Waals surface area (Å²) in [7, 11) is 1.47. The van der Waals surface area contributed by atoms with E-state index in [0.717, 1.165) is 11.3 Å². The fourth-order valence-electron chi connectivity index (χ4n) is 4.28. The molecule has 8 heteroatoms. The minimum Gasteiger partial charge on any atom is -0.494 e. The first-order chi connectivity index (χ1) is 16.5. The first-order valence-corrected chi connectivity index (χ1v) is 11.6. The van der Waals surface area contributed by atoms with Crippen molar-refractivity contribution >= 4 is 11.7 Å². The van der Waals surface area contributed by atoms with Gasteiger partial charge in [0.2, 0.25) is 0 Å². The molecule has 184 valence electrons. The van der Waals surface area contributed by atoms with Gasteiger partial charge in [0.25, 0.3) is 5.91 Å². The Hall–Kier alpha value is -3.55. The van der Waals surface area contributed by atoms with Crippen LogP contribution in [0.2, 0.25) is 0 Å². The molecule has 0 aliphatic carbocycles. The highest BCUT2D eigenvalue weighted by molar-refractivity contribution is 5.99. The quantitative estimate of drug-likeness (QED) is 0.477. The second-order valence-electron chi connectivity index (χ2n) is 9.74. The number of ether oxygens (including phenoxy) is 1. The summed E-state index contributed by atoms with van der Waals surface area (Å²) in [4.78, 5) is 23.0. The predicted molar refractivity (Wildman–Crippen MR) is 132 cm³/mol. The number of nitrogens with one attached hydrogen (secondary N) is 1. The van der Waals surface area contributed by atoms with Crippen molar-refractivity contribution in [3.05, 3.63) is 70.7 Å². The van der Waals surface area contributed by atoms with Crippen molar-refractivity contribution in [2.24, 2.45) is 0 Å². The van der Waals surface area contributed by atoms with Gasteiger partial charge in [-0.05, 0) is 38.1 Å². The van der Waals surface area contributed by atoms with Gasteiger partial charge in [0.15, 0.2) is 0 Å². The molecule has 3 aromatic rings. The normalized spacial score (nSPS) is 14.2. The van der Waals surface area contributed by atoms with E-state index in [1.165, 1.54) is 25.4 Å². The highest BCUT2D eigenvalue weighted by Gasteiger charge is 2.30. The Balaban J connectivity index is 1.68. The first kappa shape index (κ1) is 24.6. The smallest absolute Gasteiger partial charge is 0.254 e. The first-order valence-electron chi connectivity index (χ1n) is 11.6.